The summed E-state index contributed by atoms with van der Waals surface area (Å²) >= 11 is 0. The van der Waals surface area contributed by atoms with Crippen LogP contribution in [0.2, 0.25) is 0 Å². The molecule has 1 aliphatic carbocycles. The number of carbonyl (C=O) groups is 1. The van der Waals surface area contributed by atoms with Crippen LogP contribution in [0.4, 0.5) is 23.7 Å². The molecule has 8 heteroatoms. The van der Waals surface area contributed by atoms with Crippen LogP contribution in [0, 0.1) is 5.92 Å². The van der Waals surface area contributed by atoms with E-state index >= 15 is 0 Å². The minimum atomic E-state index is -4.46. The topological polar surface area (TPSA) is 59.6 Å². The molecule has 2 unspecified atom stereocenters. The number of alkyl halides is 3. The van der Waals surface area contributed by atoms with Gasteiger partial charge in [0.15, 0.2) is 18.1 Å². The maximum Gasteiger partial charge on any atom is 0.422 e. The molecule has 1 aromatic carbocycles. The van der Waals surface area contributed by atoms with E-state index in [0.717, 1.165) is 19.3 Å². The molecular formula is C17H23F3N2O3. The molecule has 1 fully saturated rings. The average molecular weight is 360 g/mol. The normalized spacial score (nSPS) is 20.7. The maximum atomic E-state index is 12.3. The van der Waals surface area contributed by atoms with E-state index in [2.05, 4.69) is 17.6 Å². The number of ether oxygens (including phenoxy) is 2. The Balaban J connectivity index is 1.99. The number of halogens is 3. The lowest BCUT2D eigenvalue weighted by molar-refractivity contribution is -0.153. The molecule has 140 valence electrons. The Morgan fingerprint density at radius 3 is 2.60 bits per heavy atom. The fraction of sp³-hybridized carbons (Fsp3) is 0.588. The summed E-state index contributed by atoms with van der Waals surface area (Å²) in [5.74, 6) is 0.487. The van der Waals surface area contributed by atoms with Crippen molar-refractivity contribution in [2.75, 3.05) is 19.0 Å². The molecule has 1 aliphatic rings. The van der Waals surface area contributed by atoms with Gasteiger partial charge in [-0.3, -0.25) is 0 Å². The smallest absolute Gasteiger partial charge is 0.422 e. The third kappa shape index (κ3) is 6.03. The van der Waals surface area contributed by atoms with Gasteiger partial charge in [-0.15, -0.1) is 0 Å². The summed E-state index contributed by atoms with van der Waals surface area (Å²) in [5, 5.41) is 5.55. The van der Waals surface area contributed by atoms with E-state index in [1.54, 1.807) is 6.07 Å². The second-order valence-electron chi connectivity index (χ2n) is 6.24. The SMILES string of the molecule is COc1ccc(NC(=O)NC2CCCCC2C)cc1OCC(F)(F)F. The highest BCUT2D eigenvalue weighted by atomic mass is 19.4. The Hall–Kier alpha value is -2.12. The predicted molar refractivity (Wildman–Crippen MR) is 88.1 cm³/mol. The van der Waals surface area contributed by atoms with Gasteiger partial charge < -0.3 is 20.1 Å². The standard InChI is InChI=1S/C17H23F3N2O3/c1-11-5-3-4-6-13(11)22-16(23)21-12-7-8-14(24-2)15(9-12)25-10-17(18,19)20/h7-9,11,13H,3-6,10H2,1-2H3,(H2,21,22,23). The number of hydrogen-bond donors (Lipinski definition) is 2. The molecule has 0 bridgehead atoms. The molecule has 2 rings (SSSR count). The van der Waals surface area contributed by atoms with Crippen LogP contribution in [-0.4, -0.2) is 32.0 Å². The van der Waals surface area contributed by atoms with Crippen LogP contribution in [0.1, 0.15) is 32.6 Å². The van der Waals surface area contributed by atoms with Crippen LogP contribution in [-0.2, 0) is 0 Å². The zero-order valence-corrected chi connectivity index (χ0v) is 14.3. The van der Waals surface area contributed by atoms with Gasteiger partial charge in [0.1, 0.15) is 0 Å². The third-order valence-corrected chi connectivity index (χ3v) is 4.24. The Morgan fingerprint density at radius 1 is 1.24 bits per heavy atom. The predicted octanol–water partition coefficient (Wildman–Crippen LogP) is 4.34. The molecule has 0 radical (unpaired) electrons. The molecule has 1 saturated carbocycles. The Bertz CT molecular complexity index is 593. The van der Waals surface area contributed by atoms with Crippen LogP contribution < -0.4 is 20.1 Å². The van der Waals surface area contributed by atoms with Crippen LogP contribution >= 0.6 is 0 Å². The van der Waals surface area contributed by atoms with Crippen LogP contribution in [0.25, 0.3) is 0 Å². The van der Waals surface area contributed by atoms with Gasteiger partial charge in [-0.1, -0.05) is 19.8 Å². The Kier molecular flexibility index (Phi) is 6.39. The van der Waals surface area contributed by atoms with Crippen LogP contribution in [0.3, 0.4) is 0 Å². The largest absolute Gasteiger partial charge is 0.493 e. The molecule has 2 amide bonds. The molecule has 0 heterocycles. The molecule has 25 heavy (non-hydrogen) atoms. The second kappa shape index (κ2) is 8.31. The van der Waals surface area contributed by atoms with E-state index in [0.29, 0.717) is 11.6 Å². The summed E-state index contributed by atoms with van der Waals surface area (Å²) in [6.07, 6.45) is -0.213. The zero-order chi connectivity index (χ0) is 18.4. The summed E-state index contributed by atoms with van der Waals surface area (Å²) in [4.78, 5) is 12.1. The summed E-state index contributed by atoms with van der Waals surface area (Å²) in [6.45, 7) is 0.666. The van der Waals surface area contributed by atoms with Gasteiger partial charge in [0.05, 0.1) is 7.11 Å². The molecule has 2 N–H and O–H groups in total. The number of rotatable bonds is 5. The molecule has 0 aliphatic heterocycles. The van der Waals surface area contributed by atoms with E-state index in [1.165, 1.54) is 25.7 Å². The number of amides is 2. The number of anilines is 1. The van der Waals surface area contributed by atoms with Crippen molar-refractivity contribution in [3.63, 3.8) is 0 Å². The number of nitrogens with one attached hydrogen (secondary N) is 2. The first-order valence-corrected chi connectivity index (χ1v) is 8.23. The first kappa shape index (κ1) is 19.2. The van der Waals surface area contributed by atoms with Crippen molar-refractivity contribution >= 4 is 11.7 Å². The van der Waals surface area contributed by atoms with E-state index in [4.69, 9.17) is 9.47 Å². The van der Waals surface area contributed by atoms with Crippen molar-refractivity contribution in [3.8, 4) is 11.5 Å². The highest BCUT2D eigenvalue weighted by Gasteiger charge is 2.29. The van der Waals surface area contributed by atoms with Gasteiger partial charge in [-0.05, 0) is 30.9 Å². The highest BCUT2D eigenvalue weighted by molar-refractivity contribution is 5.89. The minimum Gasteiger partial charge on any atom is -0.493 e. The van der Waals surface area contributed by atoms with Crippen molar-refractivity contribution in [3.05, 3.63) is 18.2 Å². The summed E-state index contributed by atoms with van der Waals surface area (Å²) in [6, 6.07) is 4.03. The van der Waals surface area contributed by atoms with Crippen molar-refractivity contribution in [2.24, 2.45) is 5.92 Å². The molecule has 2 atom stereocenters. The first-order valence-electron chi connectivity index (χ1n) is 8.23. The van der Waals surface area contributed by atoms with Gasteiger partial charge in [0, 0.05) is 17.8 Å². The summed E-state index contributed by atoms with van der Waals surface area (Å²) < 4.78 is 46.8. The average Bonchev–Trinajstić information content (AvgIpc) is 2.54. The Labute approximate surface area is 144 Å². The number of carbonyl (C=O) groups excluding carboxylic acids is 1. The van der Waals surface area contributed by atoms with Crippen molar-refractivity contribution in [1.29, 1.82) is 0 Å². The lowest BCUT2D eigenvalue weighted by Gasteiger charge is -2.29. The van der Waals surface area contributed by atoms with Gasteiger partial charge >= 0.3 is 12.2 Å². The lowest BCUT2D eigenvalue weighted by Crippen LogP contribution is -2.43. The molecule has 0 spiro atoms. The fourth-order valence-corrected chi connectivity index (χ4v) is 2.89. The zero-order valence-electron chi connectivity index (χ0n) is 14.3. The molecule has 1 aromatic rings. The van der Waals surface area contributed by atoms with Gasteiger partial charge in [-0.25, -0.2) is 4.79 Å². The fourth-order valence-electron chi connectivity index (χ4n) is 2.89. The van der Waals surface area contributed by atoms with Crippen molar-refractivity contribution in [1.82, 2.24) is 5.32 Å². The summed E-state index contributed by atoms with van der Waals surface area (Å²) in [5.41, 5.74) is 0.332. The van der Waals surface area contributed by atoms with E-state index in [9.17, 15) is 18.0 Å². The second-order valence-corrected chi connectivity index (χ2v) is 6.24. The monoisotopic (exact) mass is 360 g/mol. The number of urea groups is 1. The summed E-state index contributed by atoms with van der Waals surface area (Å²) in [7, 11) is 1.33. The van der Waals surface area contributed by atoms with Gasteiger partial charge in [0.25, 0.3) is 0 Å². The molecule has 0 aromatic heterocycles. The van der Waals surface area contributed by atoms with E-state index in [1.807, 2.05) is 0 Å². The minimum absolute atomic E-state index is 0.0799. The first-order chi connectivity index (χ1) is 11.8. The third-order valence-electron chi connectivity index (χ3n) is 4.24. The highest BCUT2D eigenvalue weighted by Crippen LogP contribution is 2.32. The van der Waals surface area contributed by atoms with Gasteiger partial charge in [-0.2, -0.15) is 13.2 Å². The van der Waals surface area contributed by atoms with E-state index in [-0.39, 0.29) is 23.6 Å². The van der Waals surface area contributed by atoms with E-state index < -0.39 is 12.8 Å². The van der Waals surface area contributed by atoms with Crippen LogP contribution in [0.5, 0.6) is 11.5 Å². The number of hydrogen-bond acceptors (Lipinski definition) is 3. The molecular weight excluding hydrogens is 337 g/mol. The van der Waals surface area contributed by atoms with Crippen molar-refractivity contribution < 1.29 is 27.4 Å². The van der Waals surface area contributed by atoms with Crippen molar-refractivity contribution in [2.45, 2.75) is 44.8 Å². The lowest BCUT2D eigenvalue weighted by atomic mass is 9.86. The Morgan fingerprint density at radius 2 is 1.96 bits per heavy atom. The van der Waals surface area contributed by atoms with Crippen LogP contribution in [0.15, 0.2) is 18.2 Å². The number of benzene rings is 1. The molecule has 0 saturated heterocycles. The maximum absolute atomic E-state index is 12.3. The number of methoxy groups -OCH3 is 1. The quantitative estimate of drug-likeness (QED) is 0.821. The molecule has 5 nitrogen and oxygen atoms in total. The van der Waals surface area contributed by atoms with Gasteiger partial charge in [0.2, 0.25) is 0 Å².